The molecule has 216 valence electrons. The molecule has 40 heavy (non-hydrogen) atoms. The van der Waals surface area contributed by atoms with E-state index in [1.54, 1.807) is 24.3 Å². The molecule has 0 bridgehead atoms. The molecule has 10 nitrogen and oxygen atoms in total. The predicted octanol–water partition coefficient (Wildman–Crippen LogP) is 3.43. The average Bonchev–Trinajstić information content (AvgIpc) is 3.38. The predicted molar refractivity (Wildman–Crippen MR) is 150 cm³/mol. The zero-order chi connectivity index (χ0) is 27.1. The minimum absolute atomic E-state index is 0. The maximum Gasteiger partial charge on any atom is 0.269 e. The van der Waals surface area contributed by atoms with Gasteiger partial charge in [0.25, 0.3) is 17.7 Å². The third-order valence-corrected chi connectivity index (χ3v) is 6.09. The summed E-state index contributed by atoms with van der Waals surface area (Å²) >= 11 is 5.81. The average molecular weight is 620 g/mol. The number of carbonyl (C=O) groups is 3. The maximum absolute atomic E-state index is 13.5. The highest BCUT2D eigenvalue weighted by Gasteiger charge is 2.18. The van der Waals surface area contributed by atoms with Crippen LogP contribution in [0, 0.1) is 11.6 Å². The van der Waals surface area contributed by atoms with Crippen molar-refractivity contribution in [1.82, 2.24) is 25.7 Å². The fourth-order valence-corrected chi connectivity index (χ4v) is 3.97. The zero-order valence-electron chi connectivity index (χ0n) is 21.0. The Morgan fingerprint density at radius 1 is 0.975 bits per heavy atom. The van der Waals surface area contributed by atoms with Crippen LogP contribution in [-0.2, 0) is 11.3 Å². The molecule has 2 aromatic carbocycles. The molecule has 4 N–H and O–H groups in total. The molecule has 0 aliphatic carbocycles. The number of hydrogen-bond donors (Lipinski definition) is 4. The molecule has 0 atom stereocenters. The number of rotatable bonds is 9. The van der Waals surface area contributed by atoms with Gasteiger partial charge in [0.05, 0.1) is 23.8 Å². The van der Waals surface area contributed by atoms with Gasteiger partial charge in [-0.15, -0.1) is 24.8 Å². The molecule has 0 radical (unpaired) electrons. The first-order valence-corrected chi connectivity index (χ1v) is 12.1. The van der Waals surface area contributed by atoms with E-state index >= 15 is 0 Å². The Bertz CT molecular complexity index is 1340. The van der Waals surface area contributed by atoms with E-state index in [1.807, 2.05) is 0 Å². The van der Waals surface area contributed by atoms with Gasteiger partial charge in [-0.25, -0.2) is 8.78 Å². The van der Waals surface area contributed by atoms with Crippen molar-refractivity contribution in [3.8, 4) is 0 Å². The lowest BCUT2D eigenvalue weighted by molar-refractivity contribution is 0.0383. The number of aromatic amines is 1. The molecule has 1 aliphatic heterocycles. The lowest BCUT2D eigenvalue weighted by atomic mass is 10.1. The van der Waals surface area contributed by atoms with Crippen LogP contribution in [0.2, 0.25) is 5.02 Å². The van der Waals surface area contributed by atoms with Crippen molar-refractivity contribution in [3.63, 3.8) is 0 Å². The zero-order valence-corrected chi connectivity index (χ0v) is 23.4. The number of carbonyl (C=O) groups excluding carboxylic acids is 3. The largest absolute Gasteiger partial charge is 0.379 e. The first-order chi connectivity index (χ1) is 18.3. The van der Waals surface area contributed by atoms with Crippen molar-refractivity contribution < 1.29 is 27.9 Å². The number of ether oxygens (including phenoxy) is 1. The van der Waals surface area contributed by atoms with Crippen LogP contribution in [0.15, 0.2) is 42.5 Å². The molecule has 1 aliphatic rings. The quantitative estimate of drug-likeness (QED) is 0.272. The van der Waals surface area contributed by atoms with Crippen LogP contribution in [0.4, 0.5) is 14.6 Å². The summed E-state index contributed by atoms with van der Waals surface area (Å²) in [5, 5.41) is 14.0. The second kappa shape index (κ2) is 15.5. The standard InChI is InChI=1S/C25H25ClF2N6O4.2ClH/c26-18-12-20(28)19(27)11-17(18)24(36)31-22-13-21(32-33-22)25(37)30-14-15-2-1-3-16(10-15)23(35)29-4-5-34-6-8-38-9-7-34;;/h1-3,10-13H,4-9,14H2,(H,29,35)(H,30,37)(H2,31,32,33,36);2*1H. The summed E-state index contributed by atoms with van der Waals surface area (Å²) < 4.78 is 32.0. The van der Waals surface area contributed by atoms with Gasteiger partial charge in [-0.3, -0.25) is 24.4 Å². The van der Waals surface area contributed by atoms with Gasteiger partial charge >= 0.3 is 0 Å². The summed E-state index contributed by atoms with van der Waals surface area (Å²) in [4.78, 5) is 39.6. The molecule has 4 rings (SSSR count). The van der Waals surface area contributed by atoms with Gasteiger partial charge in [-0.05, 0) is 29.8 Å². The number of nitrogens with zero attached hydrogens (tertiary/aromatic N) is 2. The smallest absolute Gasteiger partial charge is 0.269 e. The van der Waals surface area contributed by atoms with Gasteiger partial charge in [0.15, 0.2) is 17.5 Å². The number of amides is 3. The fourth-order valence-electron chi connectivity index (χ4n) is 3.74. The Morgan fingerprint density at radius 2 is 1.70 bits per heavy atom. The Balaban J connectivity index is 0.00000280. The number of benzene rings is 2. The van der Waals surface area contributed by atoms with Gasteiger partial charge in [-0.1, -0.05) is 23.7 Å². The van der Waals surface area contributed by atoms with Crippen molar-refractivity contribution in [2.45, 2.75) is 6.54 Å². The van der Waals surface area contributed by atoms with Crippen LogP contribution in [0.1, 0.15) is 36.8 Å². The molecule has 2 heterocycles. The Kier molecular flexibility index (Phi) is 12.7. The van der Waals surface area contributed by atoms with E-state index in [9.17, 15) is 23.2 Å². The molecule has 0 saturated carbocycles. The number of aromatic nitrogens is 2. The van der Waals surface area contributed by atoms with Crippen molar-refractivity contribution in [2.75, 3.05) is 44.7 Å². The molecular formula is C25H27Cl3F2N6O4. The number of morpholine rings is 1. The van der Waals surface area contributed by atoms with Crippen LogP contribution in [-0.4, -0.2) is 72.2 Å². The minimum atomic E-state index is -1.23. The summed E-state index contributed by atoms with van der Waals surface area (Å²) in [5.74, 6) is -3.97. The molecule has 0 spiro atoms. The van der Waals surface area contributed by atoms with Gasteiger partial charge in [0.1, 0.15) is 5.69 Å². The summed E-state index contributed by atoms with van der Waals surface area (Å²) in [6.45, 7) is 4.48. The second-order valence-corrected chi connectivity index (χ2v) is 8.87. The number of nitrogens with one attached hydrogen (secondary N) is 4. The van der Waals surface area contributed by atoms with E-state index in [4.69, 9.17) is 16.3 Å². The number of anilines is 1. The maximum atomic E-state index is 13.5. The van der Waals surface area contributed by atoms with Crippen LogP contribution in [0.3, 0.4) is 0 Å². The molecule has 1 aromatic heterocycles. The minimum Gasteiger partial charge on any atom is -0.379 e. The first kappa shape index (κ1) is 32.9. The van der Waals surface area contributed by atoms with Crippen molar-refractivity contribution in [2.24, 2.45) is 0 Å². The van der Waals surface area contributed by atoms with E-state index in [1.165, 1.54) is 6.07 Å². The molecule has 1 saturated heterocycles. The van der Waals surface area contributed by atoms with Gasteiger partial charge < -0.3 is 20.7 Å². The molecule has 3 aromatic rings. The van der Waals surface area contributed by atoms with Crippen LogP contribution < -0.4 is 16.0 Å². The van der Waals surface area contributed by atoms with Crippen molar-refractivity contribution >= 4 is 60.0 Å². The van der Waals surface area contributed by atoms with Crippen molar-refractivity contribution in [1.29, 1.82) is 0 Å². The monoisotopic (exact) mass is 618 g/mol. The summed E-state index contributed by atoms with van der Waals surface area (Å²) in [5.41, 5.74) is 0.944. The van der Waals surface area contributed by atoms with Crippen LogP contribution >= 0.6 is 36.4 Å². The summed E-state index contributed by atoms with van der Waals surface area (Å²) in [7, 11) is 0. The lowest BCUT2D eigenvalue weighted by Crippen LogP contribution is -2.41. The highest BCUT2D eigenvalue weighted by atomic mass is 35.5. The van der Waals surface area contributed by atoms with Gasteiger partial charge in [0, 0.05) is 44.4 Å². The SMILES string of the molecule is Cl.Cl.O=C(NCCN1CCOCC1)c1cccc(CNC(=O)c2cc(NC(=O)c3cc(F)c(F)cc3Cl)n[nH]2)c1. The van der Waals surface area contributed by atoms with Crippen LogP contribution in [0.25, 0.3) is 0 Å². The number of halogens is 5. The Morgan fingerprint density at radius 3 is 2.45 bits per heavy atom. The molecule has 15 heteroatoms. The lowest BCUT2D eigenvalue weighted by Gasteiger charge is -2.26. The highest BCUT2D eigenvalue weighted by Crippen LogP contribution is 2.21. The van der Waals surface area contributed by atoms with E-state index in [2.05, 4.69) is 31.0 Å². The molecular weight excluding hydrogens is 593 g/mol. The summed E-state index contributed by atoms with van der Waals surface area (Å²) in [6.07, 6.45) is 0. The molecule has 1 fully saturated rings. The third kappa shape index (κ3) is 8.86. The summed E-state index contributed by atoms with van der Waals surface area (Å²) in [6, 6.07) is 9.53. The highest BCUT2D eigenvalue weighted by molar-refractivity contribution is 6.34. The number of H-pyrrole nitrogens is 1. The van der Waals surface area contributed by atoms with E-state index in [-0.39, 0.29) is 59.4 Å². The molecule has 3 amide bonds. The number of hydrogen-bond acceptors (Lipinski definition) is 6. The third-order valence-electron chi connectivity index (χ3n) is 5.78. The fraction of sp³-hybridized carbons (Fsp3) is 0.280. The van der Waals surface area contributed by atoms with Crippen molar-refractivity contribution in [3.05, 3.63) is 81.5 Å². The second-order valence-electron chi connectivity index (χ2n) is 8.46. The van der Waals surface area contributed by atoms with E-state index in [0.717, 1.165) is 19.6 Å². The topological polar surface area (TPSA) is 128 Å². The van der Waals surface area contributed by atoms with Crippen LogP contribution in [0.5, 0.6) is 0 Å². The Hall–Kier alpha value is -3.29. The normalized spacial score (nSPS) is 13.0. The van der Waals surface area contributed by atoms with Gasteiger partial charge in [0.2, 0.25) is 0 Å². The van der Waals surface area contributed by atoms with Gasteiger partial charge in [-0.2, -0.15) is 5.10 Å². The first-order valence-electron chi connectivity index (χ1n) is 11.8. The van der Waals surface area contributed by atoms with E-state index < -0.39 is 23.4 Å². The van der Waals surface area contributed by atoms with E-state index in [0.29, 0.717) is 43.0 Å². The molecule has 0 unspecified atom stereocenters. The Labute approximate surface area is 246 Å².